The molecule has 0 saturated carbocycles. The number of rotatable bonds is 4. The maximum atomic E-state index is 12.8. The van der Waals surface area contributed by atoms with Crippen LogP contribution in [0.1, 0.15) is 5.69 Å². The lowest BCUT2D eigenvalue weighted by Crippen LogP contribution is -2.37. The van der Waals surface area contributed by atoms with Crippen molar-refractivity contribution in [3.8, 4) is 0 Å². The second-order valence-corrected chi connectivity index (χ2v) is 8.04. The number of hydrogen-bond acceptors (Lipinski definition) is 6. The first-order valence-corrected chi connectivity index (χ1v) is 8.90. The summed E-state index contributed by atoms with van der Waals surface area (Å²) in [5.41, 5.74) is 0.487. The van der Waals surface area contributed by atoms with Gasteiger partial charge in [-0.1, -0.05) is 0 Å². The monoisotopic (exact) mass is 361 g/mol. The van der Waals surface area contributed by atoms with Crippen LogP contribution in [0.5, 0.6) is 0 Å². The Kier molecular flexibility index (Phi) is 5.63. The molecule has 24 heavy (non-hydrogen) atoms. The topological polar surface area (TPSA) is 111 Å². The Morgan fingerprint density at radius 3 is 2.79 bits per heavy atom. The summed E-state index contributed by atoms with van der Waals surface area (Å²) in [5, 5.41) is 11.3. The van der Waals surface area contributed by atoms with Gasteiger partial charge in [-0.25, -0.2) is 8.42 Å². The van der Waals surface area contributed by atoms with Crippen molar-refractivity contribution in [1.82, 2.24) is 14.1 Å². The minimum atomic E-state index is -3.52. The van der Waals surface area contributed by atoms with Gasteiger partial charge in [0, 0.05) is 38.6 Å². The fourth-order valence-corrected chi connectivity index (χ4v) is 5.18. The first-order chi connectivity index (χ1) is 11.3. The maximum Gasteiger partial charge on any atom is 0.290 e. The third-order valence-electron chi connectivity index (χ3n) is 4.48. The lowest BCUT2D eigenvalue weighted by atomic mass is 9.82. The minimum absolute atomic E-state index is 0.196. The molecule has 1 aromatic heterocycles. The first kappa shape index (κ1) is 18.8. The van der Waals surface area contributed by atoms with Crippen LogP contribution in [0.4, 0.5) is 0 Å². The number of aryl methyl sites for hydroxylation is 2. The van der Waals surface area contributed by atoms with Gasteiger partial charge >= 0.3 is 0 Å². The molecular formula is C14H23N3O6S. The van der Waals surface area contributed by atoms with Gasteiger partial charge in [0.2, 0.25) is 0 Å². The summed E-state index contributed by atoms with van der Waals surface area (Å²) in [6.07, 6.45) is 0. The predicted molar refractivity (Wildman–Crippen MR) is 84.0 cm³/mol. The molecule has 1 N–H and O–H groups in total. The molecular weight excluding hydrogens is 338 g/mol. The van der Waals surface area contributed by atoms with E-state index >= 15 is 0 Å². The van der Waals surface area contributed by atoms with E-state index in [1.54, 1.807) is 31.5 Å². The van der Waals surface area contributed by atoms with Crippen LogP contribution in [-0.2, 0) is 31.3 Å². The van der Waals surface area contributed by atoms with Crippen molar-refractivity contribution < 1.29 is 27.8 Å². The third kappa shape index (κ3) is 3.32. The van der Waals surface area contributed by atoms with Crippen molar-refractivity contribution >= 4 is 16.5 Å². The number of carboxylic acid groups (broad SMARTS) is 1. The molecule has 0 radical (unpaired) electrons. The summed E-state index contributed by atoms with van der Waals surface area (Å²) < 4.78 is 39.5. The highest BCUT2D eigenvalue weighted by Gasteiger charge is 2.54. The highest BCUT2D eigenvalue weighted by molar-refractivity contribution is 7.89. The Bertz CT molecular complexity index is 689. The Labute approximate surface area is 141 Å². The molecule has 2 aliphatic heterocycles. The van der Waals surface area contributed by atoms with Crippen molar-refractivity contribution in [1.29, 1.82) is 0 Å². The second kappa shape index (κ2) is 7.18. The zero-order valence-corrected chi connectivity index (χ0v) is 14.8. The largest absolute Gasteiger partial charge is 0.483 e. The molecule has 0 spiro atoms. The van der Waals surface area contributed by atoms with Crippen molar-refractivity contribution in [2.75, 3.05) is 40.0 Å². The standard InChI is InChI=1S/C13H21N3O4S.CH2O2/c1-10-4-12(15(2)14-10)21(17,18)16-5-11-6-20-9-13(11,7-16)8-19-3;2-1-3/h4,11H,5-9H2,1-3H3;1H,(H,2,3)/t11-,13-;/m0./s1. The van der Waals surface area contributed by atoms with E-state index < -0.39 is 10.0 Å². The zero-order chi connectivity index (χ0) is 18.0. The number of methoxy groups -OCH3 is 1. The third-order valence-corrected chi connectivity index (χ3v) is 6.35. The van der Waals surface area contributed by atoms with Crippen molar-refractivity contribution in [2.45, 2.75) is 11.9 Å². The highest BCUT2D eigenvalue weighted by Crippen LogP contribution is 2.43. The van der Waals surface area contributed by atoms with Crippen LogP contribution in [0.25, 0.3) is 0 Å². The van der Waals surface area contributed by atoms with Gasteiger partial charge in [0.1, 0.15) is 0 Å². The van der Waals surface area contributed by atoms with Gasteiger partial charge in [0.15, 0.2) is 5.03 Å². The number of ether oxygens (including phenoxy) is 2. The fourth-order valence-electron chi connectivity index (χ4n) is 3.42. The van der Waals surface area contributed by atoms with Gasteiger partial charge in [0.25, 0.3) is 16.5 Å². The molecule has 0 aromatic carbocycles. The average molecular weight is 361 g/mol. The van der Waals surface area contributed by atoms with E-state index in [4.69, 9.17) is 19.4 Å². The molecule has 2 aliphatic rings. The Balaban J connectivity index is 0.000000647. The van der Waals surface area contributed by atoms with Crippen LogP contribution in [0, 0.1) is 18.3 Å². The number of aromatic nitrogens is 2. The molecule has 0 amide bonds. The lowest BCUT2D eigenvalue weighted by molar-refractivity contribution is -0.122. The molecule has 10 heteroatoms. The average Bonchev–Trinajstić information content (AvgIpc) is 3.12. The Hall–Kier alpha value is -1.49. The molecule has 0 aliphatic carbocycles. The minimum Gasteiger partial charge on any atom is -0.483 e. The molecule has 1 aromatic rings. The maximum absolute atomic E-state index is 12.8. The predicted octanol–water partition coefficient (Wildman–Crippen LogP) is -0.287. The summed E-state index contributed by atoms with van der Waals surface area (Å²) >= 11 is 0. The van der Waals surface area contributed by atoms with Crippen molar-refractivity contribution in [3.05, 3.63) is 11.8 Å². The second-order valence-electron chi connectivity index (χ2n) is 6.16. The normalized spacial score (nSPS) is 26.7. The number of hydrogen-bond donors (Lipinski definition) is 1. The van der Waals surface area contributed by atoms with Crippen LogP contribution in [0.3, 0.4) is 0 Å². The molecule has 0 unspecified atom stereocenters. The van der Waals surface area contributed by atoms with E-state index in [2.05, 4.69) is 5.10 Å². The Morgan fingerprint density at radius 2 is 2.25 bits per heavy atom. The quantitative estimate of drug-likeness (QED) is 0.734. The molecule has 2 atom stereocenters. The van der Waals surface area contributed by atoms with Gasteiger partial charge in [-0.3, -0.25) is 9.48 Å². The van der Waals surface area contributed by atoms with E-state index in [0.29, 0.717) is 38.6 Å². The van der Waals surface area contributed by atoms with Crippen LogP contribution in [0.15, 0.2) is 11.1 Å². The first-order valence-electron chi connectivity index (χ1n) is 7.46. The van der Waals surface area contributed by atoms with Gasteiger partial charge in [-0.05, 0) is 13.0 Å². The van der Waals surface area contributed by atoms with Crippen LogP contribution in [-0.4, -0.2) is 74.1 Å². The van der Waals surface area contributed by atoms with E-state index in [1.807, 2.05) is 0 Å². The lowest BCUT2D eigenvalue weighted by Gasteiger charge is -2.25. The van der Waals surface area contributed by atoms with E-state index in [9.17, 15) is 8.42 Å². The zero-order valence-electron chi connectivity index (χ0n) is 14.0. The molecule has 0 bridgehead atoms. The van der Waals surface area contributed by atoms with Gasteiger partial charge in [-0.2, -0.15) is 9.40 Å². The summed E-state index contributed by atoms with van der Waals surface area (Å²) in [6, 6.07) is 1.61. The smallest absolute Gasteiger partial charge is 0.290 e. The van der Waals surface area contributed by atoms with Crippen LogP contribution >= 0.6 is 0 Å². The van der Waals surface area contributed by atoms with E-state index in [1.165, 1.54) is 4.68 Å². The summed E-state index contributed by atoms with van der Waals surface area (Å²) in [5.74, 6) is 0.196. The van der Waals surface area contributed by atoms with E-state index in [0.717, 1.165) is 0 Å². The molecule has 9 nitrogen and oxygen atoms in total. The number of fused-ring (bicyclic) bond motifs is 1. The fraction of sp³-hybridized carbons (Fsp3) is 0.714. The van der Waals surface area contributed by atoms with Crippen LogP contribution in [0.2, 0.25) is 0 Å². The molecule has 3 rings (SSSR count). The van der Waals surface area contributed by atoms with Gasteiger partial charge < -0.3 is 14.6 Å². The Morgan fingerprint density at radius 1 is 1.58 bits per heavy atom. The number of carbonyl (C=O) groups is 1. The number of sulfonamides is 1. The molecule has 2 saturated heterocycles. The number of nitrogens with zero attached hydrogens (tertiary/aromatic N) is 3. The van der Waals surface area contributed by atoms with Gasteiger partial charge in [0.05, 0.1) is 25.5 Å². The summed E-state index contributed by atoms with van der Waals surface area (Å²) in [7, 11) is -0.222. The van der Waals surface area contributed by atoms with Gasteiger partial charge in [-0.15, -0.1) is 0 Å². The highest BCUT2D eigenvalue weighted by atomic mass is 32.2. The van der Waals surface area contributed by atoms with E-state index in [-0.39, 0.29) is 22.8 Å². The SMILES string of the molecule is COC[C@@]12COC[C@@H]1CN(S(=O)(=O)c1cc(C)nn1C)C2.O=CO. The van der Waals surface area contributed by atoms with Crippen molar-refractivity contribution in [3.63, 3.8) is 0 Å². The molecule has 2 fully saturated rings. The summed E-state index contributed by atoms with van der Waals surface area (Å²) in [4.78, 5) is 8.36. The molecule has 136 valence electrons. The van der Waals surface area contributed by atoms with Crippen molar-refractivity contribution in [2.24, 2.45) is 18.4 Å². The van der Waals surface area contributed by atoms with Crippen LogP contribution < -0.4 is 0 Å². The molecule has 3 heterocycles. The summed E-state index contributed by atoms with van der Waals surface area (Å²) in [6.45, 7) is 4.14.